The van der Waals surface area contributed by atoms with E-state index in [4.69, 9.17) is 9.47 Å². The Morgan fingerprint density at radius 2 is 2.08 bits per heavy atom. The number of hydrogen-bond acceptors (Lipinski definition) is 3. The van der Waals surface area contributed by atoms with E-state index in [0.717, 1.165) is 0 Å². The summed E-state index contributed by atoms with van der Waals surface area (Å²) in [6, 6.07) is 0. The minimum atomic E-state index is -0.276. The Kier molecular flexibility index (Phi) is 5.37. The Balaban J connectivity index is 3.92. The first-order valence-electron chi connectivity index (χ1n) is 3.94. The highest BCUT2D eigenvalue weighted by Crippen LogP contribution is 1.99. The largest absolute Gasteiger partial charge is 0.460 e. The van der Waals surface area contributed by atoms with Crippen LogP contribution in [-0.2, 0) is 14.3 Å². The topological polar surface area (TPSA) is 35.5 Å². The van der Waals surface area contributed by atoms with E-state index < -0.39 is 0 Å². The van der Waals surface area contributed by atoms with Gasteiger partial charge < -0.3 is 9.47 Å². The summed E-state index contributed by atoms with van der Waals surface area (Å²) in [6.07, 6.45) is 1.63. The lowest BCUT2D eigenvalue weighted by Gasteiger charge is -2.07. The number of carbonyl (C=O) groups is 1. The van der Waals surface area contributed by atoms with Gasteiger partial charge in [0.15, 0.2) is 0 Å². The van der Waals surface area contributed by atoms with Gasteiger partial charge in [0.1, 0.15) is 0 Å². The SMILES string of the molecule is COC/C=C(\C)C(=O)OC(C)C. The van der Waals surface area contributed by atoms with Crippen LogP contribution in [0.4, 0.5) is 0 Å². The summed E-state index contributed by atoms with van der Waals surface area (Å²) in [5.74, 6) is -0.276. The van der Waals surface area contributed by atoms with Crippen molar-refractivity contribution in [1.29, 1.82) is 0 Å². The number of methoxy groups -OCH3 is 1. The summed E-state index contributed by atoms with van der Waals surface area (Å²) in [5, 5.41) is 0. The van der Waals surface area contributed by atoms with Gasteiger partial charge in [-0.1, -0.05) is 0 Å². The third-order valence-corrected chi connectivity index (χ3v) is 1.22. The zero-order valence-electron chi connectivity index (χ0n) is 8.09. The zero-order chi connectivity index (χ0) is 9.56. The van der Waals surface area contributed by atoms with E-state index >= 15 is 0 Å². The monoisotopic (exact) mass is 172 g/mol. The van der Waals surface area contributed by atoms with Gasteiger partial charge in [-0.3, -0.25) is 0 Å². The first-order valence-corrected chi connectivity index (χ1v) is 3.94. The van der Waals surface area contributed by atoms with Crippen LogP contribution in [0.25, 0.3) is 0 Å². The van der Waals surface area contributed by atoms with Gasteiger partial charge in [-0.15, -0.1) is 0 Å². The average Bonchev–Trinajstić information content (AvgIpc) is 1.98. The van der Waals surface area contributed by atoms with E-state index in [1.807, 2.05) is 13.8 Å². The van der Waals surface area contributed by atoms with E-state index in [1.165, 1.54) is 0 Å². The predicted molar refractivity (Wildman–Crippen MR) is 46.9 cm³/mol. The minimum absolute atomic E-state index is 0.0663. The highest BCUT2D eigenvalue weighted by Gasteiger charge is 2.06. The molecule has 0 atom stereocenters. The fourth-order valence-corrected chi connectivity index (χ4v) is 0.599. The van der Waals surface area contributed by atoms with Crippen molar-refractivity contribution in [2.45, 2.75) is 26.9 Å². The molecule has 0 aliphatic carbocycles. The molecule has 0 N–H and O–H groups in total. The van der Waals surface area contributed by atoms with E-state index in [-0.39, 0.29) is 12.1 Å². The van der Waals surface area contributed by atoms with Crippen LogP contribution >= 0.6 is 0 Å². The van der Waals surface area contributed by atoms with Gasteiger partial charge in [-0.2, -0.15) is 0 Å². The number of esters is 1. The second kappa shape index (κ2) is 5.77. The Bertz CT molecular complexity index is 171. The predicted octanol–water partition coefficient (Wildman–Crippen LogP) is 1.53. The Labute approximate surface area is 73.4 Å². The van der Waals surface area contributed by atoms with Crippen LogP contribution < -0.4 is 0 Å². The molecule has 0 rings (SSSR count). The van der Waals surface area contributed by atoms with Crippen molar-refractivity contribution in [2.75, 3.05) is 13.7 Å². The molecule has 0 saturated heterocycles. The van der Waals surface area contributed by atoms with Crippen molar-refractivity contribution in [3.05, 3.63) is 11.6 Å². The molecule has 0 bridgehead atoms. The lowest BCUT2D eigenvalue weighted by molar-refractivity contribution is -0.142. The summed E-state index contributed by atoms with van der Waals surface area (Å²) in [6.45, 7) is 5.80. The summed E-state index contributed by atoms with van der Waals surface area (Å²) in [5.41, 5.74) is 0.588. The molecule has 0 radical (unpaired) electrons. The molecule has 0 fully saturated rings. The molecule has 0 aliphatic rings. The van der Waals surface area contributed by atoms with E-state index in [9.17, 15) is 4.79 Å². The van der Waals surface area contributed by atoms with E-state index in [2.05, 4.69) is 0 Å². The molecule has 0 aromatic carbocycles. The molecule has 0 spiro atoms. The minimum Gasteiger partial charge on any atom is -0.460 e. The van der Waals surface area contributed by atoms with Crippen LogP contribution in [0.15, 0.2) is 11.6 Å². The Hall–Kier alpha value is -0.830. The van der Waals surface area contributed by atoms with Crippen LogP contribution in [0.5, 0.6) is 0 Å². The lowest BCUT2D eigenvalue weighted by atomic mass is 10.3. The van der Waals surface area contributed by atoms with Crippen LogP contribution in [0.2, 0.25) is 0 Å². The smallest absolute Gasteiger partial charge is 0.333 e. The lowest BCUT2D eigenvalue weighted by Crippen LogP contribution is -2.12. The molecule has 3 nitrogen and oxygen atoms in total. The van der Waals surface area contributed by atoms with Crippen molar-refractivity contribution in [2.24, 2.45) is 0 Å². The normalized spacial score (nSPS) is 11.9. The van der Waals surface area contributed by atoms with Crippen LogP contribution in [0.1, 0.15) is 20.8 Å². The van der Waals surface area contributed by atoms with Gasteiger partial charge in [-0.25, -0.2) is 4.79 Å². The number of hydrogen-bond donors (Lipinski definition) is 0. The van der Waals surface area contributed by atoms with Crippen molar-refractivity contribution >= 4 is 5.97 Å². The molecular formula is C9H16O3. The van der Waals surface area contributed by atoms with Gasteiger partial charge >= 0.3 is 5.97 Å². The maximum atomic E-state index is 11.1. The number of rotatable bonds is 4. The van der Waals surface area contributed by atoms with Crippen LogP contribution in [-0.4, -0.2) is 25.8 Å². The van der Waals surface area contributed by atoms with Gasteiger partial charge in [0.05, 0.1) is 12.7 Å². The van der Waals surface area contributed by atoms with Gasteiger partial charge in [-0.05, 0) is 26.8 Å². The summed E-state index contributed by atoms with van der Waals surface area (Å²) < 4.78 is 9.73. The van der Waals surface area contributed by atoms with Gasteiger partial charge in [0.2, 0.25) is 0 Å². The fourth-order valence-electron chi connectivity index (χ4n) is 0.599. The summed E-state index contributed by atoms with van der Waals surface area (Å²) in [4.78, 5) is 11.1. The molecule has 12 heavy (non-hydrogen) atoms. The molecule has 0 saturated carbocycles. The standard InChI is InChI=1S/C9H16O3/c1-7(2)12-9(10)8(3)5-6-11-4/h5,7H,6H2,1-4H3/b8-5+. The summed E-state index contributed by atoms with van der Waals surface area (Å²) >= 11 is 0. The molecule has 0 aromatic heterocycles. The molecule has 0 aromatic rings. The maximum absolute atomic E-state index is 11.1. The van der Waals surface area contributed by atoms with Gasteiger partial charge in [0.25, 0.3) is 0 Å². The van der Waals surface area contributed by atoms with Crippen molar-refractivity contribution in [3.8, 4) is 0 Å². The second-order valence-corrected chi connectivity index (χ2v) is 2.80. The van der Waals surface area contributed by atoms with Crippen LogP contribution in [0, 0.1) is 0 Å². The second-order valence-electron chi connectivity index (χ2n) is 2.80. The summed E-state index contributed by atoms with van der Waals surface area (Å²) in [7, 11) is 1.58. The quantitative estimate of drug-likeness (QED) is 0.476. The Morgan fingerprint density at radius 1 is 1.50 bits per heavy atom. The highest BCUT2D eigenvalue weighted by molar-refractivity contribution is 5.87. The molecule has 0 amide bonds. The molecule has 70 valence electrons. The first kappa shape index (κ1) is 11.2. The maximum Gasteiger partial charge on any atom is 0.333 e. The van der Waals surface area contributed by atoms with Crippen molar-refractivity contribution < 1.29 is 14.3 Å². The molecular weight excluding hydrogens is 156 g/mol. The molecule has 0 aliphatic heterocycles. The van der Waals surface area contributed by atoms with E-state index in [0.29, 0.717) is 12.2 Å². The highest BCUT2D eigenvalue weighted by atomic mass is 16.5. The Morgan fingerprint density at radius 3 is 2.50 bits per heavy atom. The van der Waals surface area contributed by atoms with Crippen molar-refractivity contribution in [3.63, 3.8) is 0 Å². The first-order chi connectivity index (χ1) is 5.57. The van der Waals surface area contributed by atoms with E-state index in [1.54, 1.807) is 20.1 Å². The zero-order valence-corrected chi connectivity index (χ0v) is 8.09. The molecule has 3 heteroatoms. The number of ether oxygens (including phenoxy) is 2. The third-order valence-electron chi connectivity index (χ3n) is 1.22. The van der Waals surface area contributed by atoms with Crippen LogP contribution in [0.3, 0.4) is 0 Å². The molecule has 0 heterocycles. The fraction of sp³-hybridized carbons (Fsp3) is 0.667. The van der Waals surface area contributed by atoms with Gasteiger partial charge in [0, 0.05) is 12.7 Å². The average molecular weight is 172 g/mol. The van der Waals surface area contributed by atoms with Crippen molar-refractivity contribution in [1.82, 2.24) is 0 Å². The number of carbonyl (C=O) groups excluding carboxylic acids is 1. The molecule has 0 unspecified atom stereocenters. The third kappa shape index (κ3) is 4.91.